The van der Waals surface area contributed by atoms with Crippen LogP contribution in [0.2, 0.25) is 0 Å². The minimum absolute atomic E-state index is 0.0611. The van der Waals surface area contributed by atoms with Gasteiger partial charge in [0.1, 0.15) is 0 Å². The molecule has 1 rings (SSSR count). The van der Waals surface area contributed by atoms with Crippen molar-refractivity contribution < 1.29 is 23.1 Å². The van der Waals surface area contributed by atoms with Crippen LogP contribution in [0.1, 0.15) is 13.3 Å². The van der Waals surface area contributed by atoms with E-state index in [1.54, 1.807) is 6.92 Å². The van der Waals surface area contributed by atoms with E-state index in [9.17, 15) is 18.0 Å². The number of likely N-dealkylation sites (N-methyl/N-ethyl adjacent to an activating group) is 1. The van der Waals surface area contributed by atoms with Crippen LogP contribution < -0.4 is 5.32 Å². The summed E-state index contributed by atoms with van der Waals surface area (Å²) < 4.78 is 22.7. The van der Waals surface area contributed by atoms with E-state index < -0.39 is 21.3 Å². The fourth-order valence-corrected chi connectivity index (χ4v) is 4.11. The Morgan fingerprint density at radius 3 is 2.44 bits per heavy atom. The van der Waals surface area contributed by atoms with Gasteiger partial charge in [0.15, 0.2) is 9.84 Å². The van der Waals surface area contributed by atoms with Gasteiger partial charge in [-0.15, -0.1) is 0 Å². The number of carbonyl (C=O) groups is 2. The third-order valence-electron chi connectivity index (χ3n) is 2.76. The van der Waals surface area contributed by atoms with Crippen LogP contribution in [0.3, 0.4) is 0 Å². The molecule has 18 heavy (non-hydrogen) atoms. The molecule has 1 fully saturated rings. The zero-order chi connectivity index (χ0) is 14.0. The smallest absolute Gasteiger partial charge is 0.317 e. The zero-order valence-electron chi connectivity index (χ0n) is 10.5. The molecule has 1 heterocycles. The van der Waals surface area contributed by atoms with Crippen molar-refractivity contribution >= 4 is 21.7 Å². The summed E-state index contributed by atoms with van der Waals surface area (Å²) in [6, 6.07) is 0. The highest BCUT2D eigenvalue weighted by Crippen LogP contribution is 2.22. The maximum Gasteiger partial charge on any atom is 0.317 e. The van der Waals surface area contributed by atoms with Gasteiger partial charge in [-0.05, 0) is 20.4 Å². The Labute approximate surface area is 106 Å². The number of amides is 1. The summed E-state index contributed by atoms with van der Waals surface area (Å²) in [6.45, 7) is 1.39. The molecule has 0 aromatic carbocycles. The lowest BCUT2D eigenvalue weighted by Gasteiger charge is -2.25. The number of carboxylic acids is 1. The van der Waals surface area contributed by atoms with E-state index in [-0.39, 0.29) is 30.5 Å². The van der Waals surface area contributed by atoms with Crippen molar-refractivity contribution in [2.45, 2.75) is 18.9 Å². The van der Waals surface area contributed by atoms with Gasteiger partial charge in [-0.2, -0.15) is 0 Å². The molecule has 0 aromatic rings. The zero-order valence-corrected chi connectivity index (χ0v) is 11.3. The Balaban J connectivity index is 2.48. The summed E-state index contributed by atoms with van der Waals surface area (Å²) in [6.07, 6.45) is 0.393. The maximum atomic E-state index is 11.7. The van der Waals surface area contributed by atoms with Gasteiger partial charge in [-0.1, -0.05) is 0 Å². The first-order valence-electron chi connectivity index (χ1n) is 5.54. The molecule has 1 atom stereocenters. The molecular weight excluding hydrogens is 260 g/mol. The predicted octanol–water partition coefficient (Wildman–Crippen LogP) is -1.30. The van der Waals surface area contributed by atoms with E-state index in [1.807, 2.05) is 0 Å². The normalized spacial score (nSPS) is 26.2. The summed E-state index contributed by atoms with van der Waals surface area (Å²) in [5, 5.41) is 11.2. The number of nitrogens with zero attached hydrogens (tertiary/aromatic N) is 1. The van der Waals surface area contributed by atoms with E-state index in [0.717, 1.165) is 0 Å². The molecule has 0 spiro atoms. The molecule has 7 nitrogen and oxygen atoms in total. The van der Waals surface area contributed by atoms with Gasteiger partial charge in [0, 0.05) is 0 Å². The number of carbonyl (C=O) groups excluding carboxylic acids is 1. The first-order chi connectivity index (χ1) is 8.12. The number of hydrogen-bond donors (Lipinski definition) is 2. The molecule has 8 heteroatoms. The van der Waals surface area contributed by atoms with Crippen molar-refractivity contribution in [3.8, 4) is 0 Å². The molecule has 104 valence electrons. The lowest BCUT2D eigenvalue weighted by molar-refractivity contribution is -0.138. The minimum Gasteiger partial charge on any atom is -0.480 e. The fourth-order valence-electron chi connectivity index (χ4n) is 2.02. The number of carboxylic acid groups (broad SMARTS) is 1. The molecule has 1 saturated heterocycles. The van der Waals surface area contributed by atoms with Gasteiger partial charge in [-0.25, -0.2) is 8.42 Å². The van der Waals surface area contributed by atoms with Crippen LogP contribution in [-0.4, -0.2) is 67.5 Å². The van der Waals surface area contributed by atoms with Crippen LogP contribution in [0.4, 0.5) is 0 Å². The van der Waals surface area contributed by atoms with Crippen molar-refractivity contribution in [3.63, 3.8) is 0 Å². The van der Waals surface area contributed by atoms with Gasteiger partial charge >= 0.3 is 5.97 Å². The van der Waals surface area contributed by atoms with Crippen molar-refractivity contribution in [2.24, 2.45) is 0 Å². The Morgan fingerprint density at radius 1 is 1.39 bits per heavy atom. The SMILES string of the molecule is CN(CC(=O)O)CC(=O)NC1(C)CCS(=O)(=O)C1. The third kappa shape index (κ3) is 4.61. The summed E-state index contributed by atoms with van der Waals surface area (Å²) in [5.74, 6) is -1.36. The molecule has 1 aliphatic rings. The molecule has 0 radical (unpaired) electrons. The first kappa shape index (κ1) is 14.9. The molecule has 0 saturated carbocycles. The van der Waals surface area contributed by atoms with Crippen molar-refractivity contribution in [1.29, 1.82) is 0 Å². The van der Waals surface area contributed by atoms with Gasteiger partial charge in [-0.3, -0.25) is 14.5 Å². The van der Waals surface area contributed by atoms with E-state index in [1.165, 1.54) is 11.9 Å². The second-order valence-corrected chi connectivity index (χ2v) is 7.20. The monoisotopic (exact) mass is 278 g/mol. The average molecular weight is 278 g/mol. The predicted molar refractivity (Wildman–Crippen MR) is 65.0 cm³/mol. The minimum atomic E-state index is -3.07. The van der Waals surface area contributed by atoms with E-state index in [4.69, 9.17) is 5.11 Å². The van der Waals surface area contributed by atoms with E-state index in [2.05, 4.69) is 5.32 Å². The molecule has 1 aliphatic heterocycles. The van der Waals surface area contributed by atoms with Crippen LogP contribution in [0, 0.1) is 0 Å². The Kier molecular flexibility index (Phi) is 4.33. The fraction of sp³-hybridized carbons (Fsp3) is 0.800. The van der Waals surface area contributed by atoms with E-state index >= 15 is 0 Å². The Hall–Kier alpha value is -1.15. The quantitative estimate of drug-likeness (QED) is 0.647. The summed E-state index contributed by atoms with van der Waals surface area (Å²) in [5.41, 5.74) is -0.736. The molecule has 0 aliphatic carbocycles. The number of aliphatic carboxylic acids is 1. The lowest BCUT2D eigenvalue weighted by atomic mass is 10.0. The summed E-state index contributed by atoms with van der Waals surface area (Å²) in [4.78, 5) is 23.4. The third-order valence-corrected chi connectivity index (χ3v) is 4.67. The van der Waals surface area contributed by atoms with Crippen LogP contribution in [0.15, 0.2) is 0 Å². The number of sulfone groups is 1. The summed E-state index contributed by atoms with van der Waals surface area (Å²) in [7, 11) is -1.55. The van der Waals surface area contributed by atoms with Crippen LogP contribution >= 0.6 is 0 Å². The maximum absolute atomic E-state index is 11.7. The standard InChI is InChI=1S/C10H18N2O5S/c1-10(3-4-18(16,17)7-10)11-8(13)5-12(2)6-9(14)15/h3-7H2,1-2H3,(H,11,13)(H,14,15). The van der Waals surface area contributed by atoms with Crippen LogP contribution in [-0.2, 0) is 19.4 Å². The van der Waals surface area contributed by atoms with Crippen molar-refractivity contribution in [1.82, 2.24) is 10.2 Å². The highest BCUT2D eigenvalue weighted by Gasteiger charge is 2.39. The molecule has 0 aromatic heterocycles. The van der Waals surface area contributed by atoms with Gasteiger partial charge < -0.3 is 10.4 Å². The second-order valence-electron chi connectivity index (χ2n) is 5.02. The lowest BCUT2D eigenvalue weighted by Crippen LogP contribution is -2.50. The highest BCUT2D eigenvalue weighted by molar-refractivity contribution is 7.91. The topological polar surface area (TPSA) is 104 Å². The molecule has 1 amide bonds. The van der Waals surface area contributed by atoms with Crippen LogP contribution in [0.5, 0.6) is 0 Å². The number of rotatable bonds is 5. The number of nitrogens with one attached hydrogen (secondary N) is 1. The van der Waals surface area contributed by atoms with Gasteiger partial charge in [0.2, 0.25) is 5.91 Å². The van der Waals surface area contributed by atoms with Crippen LogP contribution in [0.25, 0.3) is 0 Å². The number of hydrogen-bond acceptors (Lipinski definition) is 5. The summed E-state index contributed by atoms with van der Waals surface area (Å²) >= 11 is 0. The Morgan fingerprint density at radius 2 is 2.00 bits per heavy atom. The van der Waals surface area contributed by atoms with Crippen molar-refractivity contribution in [2.75, 3.05) is 31.6 Å². The van der Waals surface area contributed by atoms with Crippen molar-refractivity contribution in [3.05, 3.63) is 0 Å². The largest absolute Gasteiger partial charge is 0.480 e. The Bertz CT molecular complexity index is 447. The molecular formula is C10H18N2O5S. The second kappa shape index (κ2) is 5.23. The highest BCUT2D eigenvalue weighted by atomic mass is 32.2. The van der Waals surface area contributed by atoms with E-state index in [0.29, 0.717) is 6.42 Å². The molecule has 0 bridgehead atoms. The van der Waals surface area contributed by atoms with Gasteiger partial charge in [0.25, 0.3) is 0 Å². The average Bonchev–Trinajstić information content (AvgIpc) is 2.37. The molecule has 2 N–H and O–H groups in total. The molecule has 1 unspecified atom stereocenters. The van der Waals surface area contributed by atoms with Gasteiger partial charge in [0.05, 0.1) is 30.1 Å². The first-order valence-corrected chi connectivity index (χ1v) is 7.36.